The van der Waals surface area contributed by atoms with Crippen LogP contribution in [0.25, 0.3) is 0 Å². The Morgan fingerprint density at radius 2 is 2.17 bits per heavy atom. The van der Waals surface area contributed by atoms with Gasteiger partial charge in [0.25, 0.3) is 12.4 Å². The fourth-order valence-electron chi connectivity index (χ4n) is 3.69. The zero-order chi connectivity index (χ0) is 20.8. The van der Waals surface area contributed by atoms with E-state index in [-0.39, 0.29) is 17.7 Å². The molecule has 1 aromatic heterocycles. The number of carbonyl (C=O) groups excluding carboxylic acids is 1. The predicted octanol–water partition coefficient (Wildman–Crippen LogP) is 2.71. The van der Waals surface area contributed by atoms with Gasteiger partial charge in [-0.25, -0.2) is 18.2 Å². The van der Waals surface area contributed by atoms with Gasteiger partial charge in [0.1, 0.15) is 23.7 Å². The fourth-order valence-corrected chi connectivity index (χ4v) is 3.69. The zero-order valence-corrected chi connectivity index (χ0v) is 15.0. The molecule has 148 valence electrons. The van der Waals surface area contributed by atoms with Crippen molar-refractivity contribution in [2.24, 2.45) is 16.6 Å². The molecule has 4 rings (SSSR count). The minimum atomic E-state index is -3.00. The molecule has 3 atom stereocenters. The van der Waals surface area contributed by atoms with E-state index in [1.807, 2.05) is 6.07 Å². The van der Waals surface area contributed by atoms with Crippen molar-refractivity contribution in [3.05, 3.63) is 64.7 Å². The van der Waals surface area contributed by atoms with Crippen LogP contribution in [-0.2, 0) is 16.7 Å². The summed E-state index contributed by atoms with van der Waals surface area (Å²) in [5.41, 5.74) is 3.89. The number of alkyl halides is 2. The maximum atomic E-state index is 14.6. The molecule has 0 bridgehead atoms. The van der Waals surface area contributed by atoms with Gasteiger partial charge >= 0.3 is 0 Å². The summed E-state index contributed by atoms with van der Waals surface area (Å²) in [6.45, 7) is 0. The van der Waals surface area contributed by atoms with E-state index in [1.165, 1.54) is 30.5 Å². The molecule has 1 saturated carbocycles. The Hall–Kier alpha value is -3.41. The number of pyridine rings is 1. The highest BCUT2D eigenvalue weighted by atomic mass is 19.3. The second-order valence-corrected chi connectivity index (χ2v) is 7.03. The van der Waals surface area contributed by atoms with Crippen molar-refractivity contribution in [2.45, 2.75) is 30.9 Å². The smallest absolute Gasteiger partial charge is 0.283 e. The van der Waals surface area contributed by atoms with E-state index >= 15 is 0 Å². The quantitative estimate of drug-likeness (QED) is 0.778. The number of amidine groups is 1. The Bertz CT molecular complexity index is 1050. The van der Waals surface area contributed by atoms with Crippen molar-refractivity contribution in [3.8, 4) is 6.07 Å². The molecular weight excluding hydrogens is 385 g/mol. The van der Waals surface area contributed by atoms with E-state index < -0.39 is 41.6 Å². The molecule has 0 saturated heterocycles. The van der Waals surface area contributed by atoms with Crippen LogP contribution in [0.15, 0.2) is 41.5 Å². The van der Waals surface area contributed by atoms with Gasteiger partial charge in [0.05, 0.1) is 5.56 Å². The van der Waals surface area contributed by atoms with Crippen molar-refractivity contribution >= 4 is 11.8 Å². The van der Waals surface area contributed by atoms with Gasteiger partial charge in [-0.05, 0) is 36.2 Å². The Morgan fingerprint density at radius 3 is 2.83 bits per heavy atom. The van der Waals surface area contributed by atoms with Crippen molar-refractivity contribution in [1.29, 1.82) is 5.26 Å². The number of aromatic nitrogens is 1. The van der Waals surface area contributed by atoms with Crippen LogP contribution < -0.4 is 5.73 Å². The first kappa shape index (κ1) is 18.9. The van der Waals surface area contributed by atoms with E-state index in [0.29, 0.717) is 17.5 Å². The molecule has 9 heteroatoms. The monoisotopic (exact) mass is 400 g/mol. The number of aliphatic imine (C=N–C) groups is 1. The number of halogens is 3. The number of rotatable bonds is 5. The lowest BCUT2D eigenvalue weighted by Gasteiger charge is -2.33. The Morgan fingerprint density at radius 1 is 1.38 bits per heavy atom. The number of ketones is 1. The molecule has 29 heavy (non-hydrogen) atoms. The standard InChI is InChI=1S/C20H15F3N4O2/c21-14-3-1-10(6-16(28)15-4-2-11(8-24)9-26-15)5-12(14)20(18(22)23)13-7-17(13)29-19(25)27-20/h1-5,9,13,17-18H,6-7H2,(H2,25,27)/t13-,17+,20+/m1/s1. The van der Waals surface area contributed by atoms with Crippen LogP contribution >= 0.6 is 0 Å². The SMILES string of the molecule is N#Cc1ccc(C(=O)Cc2ccc(F)c([C@]3(C(F)F)N=C(N)O[C@H]4C[C@H]43)c2)nc1. The molecule has 0 radical (unpaired) electrons. The topological polar surface area (TPSA) is 101 Å². The van der Waals surface area contributed by atoms with Gasteiger partial charge in [-0.15, -0.1) is 0 Å². The molecule has 2 aromatic rings. The molecule has 0 amide bonds. The first-order chi connectivity index (χ1) is 13.8. The lowest BCUT2D eigenvalue weighted by Crippen LogP contribution is -2.43. The summed E-state index contributed by atoms with van der Waals surface area (Å²) >= 11 is 0. The van der Waals surface area contributed by atoms with E-state index in [0.717, 1.165) is 6.07 Å². The number of fused-ring (bicyclic) bond motifs is 1. The van der Waals surface area contributed by atoms with Gasteiger partial charge < -0.3 is 10.5 Å². The Balaban J connectivity index is 1.68. The first-order valence-electron chi connectivity index (χ1n) is 8.83. The third kappa shape index (κ3) is 3.20. The second-order valence-electron chi connectivity index (χ2n) is 7.03. The minimum absolute atomic E-state index is 0.119. The molecule has 2 aliphatic rings. The van der Waals surface area contributed by atoms with Gasteiger partial charge in [-0.1, -0.05) is 6.07 Å². The minimum Gasteiger partial charge on any atom is -0.462 e. The predicted molar refractivity (Wildman–Crippen MR) is 95.7 cm³/mol. The Labute approximate surface area is 163 Å². The number of nitrogens with two attached hydrogens (primary N) is 1. The van der Waals surface area contributed by atoms with Gasteiger partial charge in [-0.2, -0.15) is 5.26 Å². The van der Waals surface area contributed by atoms with Crippen molar-refractivity contribution in [1.82, 2.24) is 4.98 Å². The molecule has 1 aliphatic heterocycles. The summed E-state index contributed by atoms with van der Waals surface area (Å²) in [5, 5.41) is 8.80. The summed E-state index contributed by atoms with van der Waals surface area (Å²) in [7, 11) is 0. The highest BCUT2D eigenvalue weighted by Gasteiger charge is 2.64. The second kappa shape index (κ2) is 6.88. The maximum absolute atomic E-state index is 14.6. The van der Waals surface area contributed by atoms with Crippen LogP contribution in [0.5, 0.6) is 0 Å². The molecule has 1 aliphatic carbocycles. The molecule has 2 N–H and O–H groups in total. The first-order valence-corrected chi connectivity index (χ1v) is 8.83. The van der Waals surface area contributed by atoms with E-state index in [4.69, 9.17) is 15.7 Å². The number of benzene rings is 1. The number of Topliss-reactive ketones (excluding diaryl/α,β-unsaturated/α-hetero) is 1. The van der Waals surface area contributed by atoms with Gasteiger partial charge in [0.15, 0.2) is 11.3 Å². The molecule has 0 unspecified atom stereocenters. The van der Waals surface area contributed by atoms with Gasteiger partial charge in [-0.3, -0.25) is 9.78 Å². The maximum Gasteiger partial charge on any atom is 0.283 e. The van der Waals surface area contributed by atoms with Crippen molar-refractivity contribution in [3.63, 3.8) is 0 Å². The average Bonchev–Trinajstić information content (AvgIpc) is 3.48. The highest BCUT2D eigenvalue weighted by Crippen LogP contribution is 2.56. The number of hydrogen-bond donors (Lipinski definition) is 1. The van der Waals surface area contributed by atoms with Crippen LogP contribution in [0.1, 0.15) is 33.6 Å². The number of nitrogens with zero attached hydrogens (tertiary/aromatic N) is 3. The summed E-state index contributed by atoms with van der Waals surface area (Å²) < 4.78 is 48.1. The average molecular weight is 400 g/mol. The zero-order valence-electron chi connectivity index (χ0n) is 15.0. The lowest BCUT2D eigenvalue weighted by atomic mass is 9.83. The molecule has 0 spiro atoms. The number of nitriles is 1. The van der Waals surface area contributed by atoms with Crippen LogP contribution in [-0.4, -0.2) is 29.3 Å². The molecule has 1 aromatic carbocycles. The molecule has 2 heterocycles. The third-order valence-electron chi connectivity index (χ3n) is 5.20. The van der Waals surface area contributed by atoms with Gasteiger partial charge in [0.2, 0.25) is 0 Å². The summed E-state index contributed by atoms with van der Waals surface area (Å²) in [4.78, 5) is 20.2. The van der Waals surface area contributed by atoms with Crippen LogP contribution in [0.4, 0.5) is 13.2 Å². The number of hydrogen-bond acceptors (Lipinski definition) is 6. The number of ether oxygens (including phenoxy) is 1. The van der Waals surface area contributed by atoms with Crippen molar-refractivity contribution in [2.75, 3.05) is 0 Å². The highest BCUT2D eigenvalue weighted by molar-refractivity contribution is 5.95. The van der Waals surface area contributed by atoms with Crippen LogP contribution in [0, 0.1) is 23.1 Å². The van der Waals surface area contributed by atoms with E-state index in [9.17, 15) is 18.0 Å². The summed E-state index contributed by atoms with van der Waals surface area (Å²) in [6.07, 6.45) is -2.13. The summed E-state index contributed by atoms with van der Waals surface area (Å²) in [6, 6.07) is 8.01. The van der Waals surface area contributed by atoms with Gasteiger partial charge in [0, 0.05) is 24.1 Å². The van der Waals surface area contributed by atoms with Crippen LogP contribution in [0.3, 0.4) is 0 Å². The number of carbonyl (C=O) groups is 1. The molecule has 6 nitrogen and oxygen atoms in total. The Kier molecular flexibility index (Phi) is 4.49. The molecule has 1 fully saturated rings. The summed E-state index contributed by atoms with van der Waals surface area (Å²) in [5.74, 6) is -1.92. The largest absolute Gasteiger partial charge is 0.462 e. The molecular formula is C20H15F3N4O2. The normalized spacial score (nSPS) is 24.9. The van der Waals surface area contributed by atoms with Crippen molar-refractivity contribution < 1.29 is 22.7 Å². The lowest BCUT2D eigenvalue weighted by molar-refractivity contribution is 0.0176. The van der Waals surface area contributed by atoms with E-state index in [2.05, 4.69) is 9.98 Å². The fraction of sp³-hybridized carbons (Fsp3) is 0.300. The van der Waals surface area contributed by atoms with E-state index in [1.54, 1.807) is 0 Å². The van der Waals surface area contributed by atoms with Crippen LogP contribution in [0.2, 0.25) is 0 Å². The third-order valence-corrected chi connectivity index (χ3v) is 5.20.